The van der Waals surface area contributed by atoms with Crippen LogP contribution in [0.25, 0.3) is 11.3 Å². The van der Waals surface area contributed by atoms with Gasteiger partial charge in [0.2, 0.25) is 11.8 Å². The summed E-state index contributed by atoms with van der Waals surface area (Å²) in [6.07, 6.45) is 13.6. The fourth-order valence-corrected chi connectivity index (χ4v) is 6.49. The summed E-state index contributed by atoms with van der Waals surface area (Å²) in [7, 11) is 0. The van der Waals surface area contributed by atoms with Crippen LogP contribution in [-0.4, -0.2) is 10.2 Å². The van der Waals surface area contributed by atoms with Crippen LogP contribution in [0.5, 0.6) is 5.88 Å². The lowest BCUT2D eigenvalue weighted by Crippen LogP contribution is -2.27. The normalized spacial score (nSPS) is 29.6. The molecule has 0 spiro atoms. The minimum Gasteiger partial charge on any atom is -0.420 e. The van der Waals surface area contributed by atoms with E-state index in [1.807, 2.05) is 0 Å². The molecule has 0 saturated heterocycles. The third kappa shape index (κ3) is 3.00. The molecule has 158 valence electrons. The van der Waals surface area contributed by atoms with Crippen molar-refractivity contribution in [2.45, 2.75) is 56.8 Å². The summed E-state index contributed by atoms with van der Waals surface area (Å²) < 4.78 is 5.80. The maximum Gasteiger partial charge on any atom is 0.244 e. The highest BCUT2D eigenvalue weighted by atomic mass is 16.5. The Morgan fingerprint density at radius 1 is 1.06 bits per heavy atom. The molecule has 2 fully saturated rings. The number of ether oxygens (including phenoxy) is 1. The van der Waals surface area contributed by atoms with Crippen LogP contribution in [0, 0.1) is 29.1 Å². The standard InChI is InChI=1S/C26H28N4O/c27-14-21-22(20-13-15-6-7-19(20)12-15)23-24(29-30-26(23)31-25(21)28)18-10-8-17(9-11-18)16-4-2-1-3-5-16/h6-11,15-16,19-20,22H,1-5,12-13,28H2,(H,29,30)/t15-,19-,20-,22+/m0/s1. The largest absolute Gasteiger partial charge is 0.420 e. The van der Waals surface area contributed by atoms with Crippen molar-refractivity contribution < 1.29 is 4.74 Å². The van der Waals surface area contributed by atoms with Crippen LogP contribution >= 0.6 is 0 Å². The Morgan fingerprint density at radius 3 is 2.55 bits per heavy atom. The van der Waals surface area contributed by atoms with E-state index in [-0.39, 0.29) is 11.8 Å². The molecule has 0 unspecified atom stereocenters. The molecule has 3 aliphatic carbocycles. The lowest BCUT2D eigenvalue weighted by molar-refractivity contribution is 0.330. The minimum absolute atomic E-state index is 0.0690. The summed E-state index contributed by atoms with van der Waals surface area (Å²) in [4.78, 5) is 0. The van der Waals surface area contributed by atoms with Gasteiger partial charge in [-0.1, -0.05) is 55.7 Å². The highest BCUT2D eigenvalue weighted by Gasteiger charge is 2.46. The van der Waals surface area contributed by atoms with E-state index >= 15 is 0 Å². The molecule has 2 heterocycles. The Kier molecular flexibility index (Phi) is 4.41. The van der Waals surface area contributed by atoms with Crippen LogP contribution in [0.1, 0.15) is 67.9 Å². The molecule has 6 rings (SSSR count). The van der Waals surface area contributed by atoms with Gasteiger partial charge in [-0.05, 0) is 60.5 Å². The molecule has 2 aromatic rings. The second-order valence-electron chi connectivity index (χ2n) is 9.69. The van der Waals surface area contributed by atoms with Crippen molar-refractivity contribution in [1.29, 1.82) is 5.26 Å². The number of hydrogen-bond donors (Lipinski definition) is 2. The van der Waals surface area contributed by atoms with Crippen molar-refractivity contribution in [3.8, 4) is 23.2 Å². The van der Waals surface area contributed by atoms with Crippen LogP contribution in [0.2, 0.25) is 0 Å². The van der Waals surface area contributed by atoms with Gasteiger partial charge in [-0.15, -0.1) is 5.10 Å². The Bertz CT molecular complexity index is 1100. The number of aromatic amines is 1. The van der Waals surface area contributed by atoms with E-state index in [4.69, 9.17) is 10.5 Å². The second-order valence-corrected chi connectivity index (χ2v) is 9.69. The van der Waals surface area contributed by atoms with Gasteiger partial charge in [-0.25, -0.2) is 0 Å². The number of nitrogens with two attached hydrogens (primary N) is 1. The fraction of sp³-hybridized carbons (Fsp3) is 0.462. The number of fused-ring (bicyclic) bond motifs is 3. The lowest BCUT2D eigenvalue weighted by Gasteiger charge is -2.31. The topological polar surface area (TPSA) is 87.7 Å². The van der Waals surface area contributed by atoms with E-state index in [1.165, 1.54) is 44.1 Å². The first-order valence-electron chi connectivity index (χ1n) is 11.7. The summed E-state index contributed by atoms with van der Waals surface area (Å²) in [6.45, 7) is 0. The number of H-pyrrole nitrogens is 1. The summed E-state index contributed by atoms with van der Waals surface area (Å²) in [5.74, 6) is 2.82. The Hall–Kier alpha value is -3.00. The average molecular weight is 413 g/mol. The molecule has 4 atom stereocenters. The van der Waals surface area contributed by atoms with Crippen LogP contribution in [0.3, 0.4) is 0 Å². The van der Waals surface area contributed by atoms with Crippen molar-refractivity contribution in [2.24, 2.45) is 23.5 Å². The van der Waals surface area contributed by atoms with Crippen molar-refractivity contribution in [2.75, 3.05) is 0 Å². The molecule has 1 aliphatic heterocycles. The molecule has 3 N–H and O–H groups in total. The molecule has 2 saturated carbocycles. The van der Waals surface area contributed by atoms with Crippen molar-refractivity contribution in [1.82, 2.24) is 10.2 Å². The summed E-state index contributed by atoms with van der Waals surface area (Å²) >= 11 is 0. The Labute approximate surface area is 183 Å². The zero-order chi connectivity index (χ0) is 20.9. The van der Waals surface area contributed by atoms with E-state index in [9.17, 15) is 5.26 Å². The zero-order valence-electron chi connectivity index (χ0n) is 17.7. The minimum atomic E-state index is -0.0690. The van der Waals surface area contributed by atoms with Crippen LogP contribution in [0.4, 0.5) is 0 Å². The van der Waals surface area contributed by atoms with Gasteiger partial charge < -0.3 is 10.5 Å². The van der Waals surface area contributed by atoms with Gasteiger partial charge in [0.15, 0.2) is 0 Å². The molecule has 5 heteroatoms. The molecule has 0 amide bonds. The fourth-order valence-electron chi connectivity index (χ4n) is 6.49. The van der Waals surface area contributed by atoms with E-state index in [2.05, 4.69) is 52.7 Å². The van der Waals surface area contributed by atoms with Gasteiger partial charge >= 0.3 is 0 Å². The number of nitrogens with one attached hydrogen (secondary N) is 1. The van der Waals surface area contributed by atoms with Gasteiger partial charge in [0, 0.05) is 5.92 Å². The zero-order valence-corrected chi connectivity index (χ0v) is 17.7. The van der Waals surface area contributed by atoms with Crippen LogP contribution in [0.15, 0.2) is 47.9 Å². The number of nitriles is 1. The van der Waals surface area contributed by atoms with Gasteiger partial charge in [0.1, 0.15) is 6.07 Å². The SMILES string of the molecule is N#CC1=C(N)Oc2n[nH]c(-c3ccc(C4CCCCC4)cc3)c2[C@@H]1[C@H]1C[C@H]2C=C[C@H]1C2. The molecular weight excluding hydrogens is 384 g/mol. The quantitative estimate of drug-likeness (QED) is 0.651. The number of hydrogen-bond acceptors (Lipinski definition) is 4. The summed E-state index contributed by atoms with van der Waals surface area (Å²) in [5, 5.41) is 17.6. The van der Waals surface area contributed by atoms with Crippen LogP contribution in [-0.2, 0) is 0 Å². The smallest absolute Gasteiger partial charge is 0.244 e. The molecule has 1 aromatic heterocycles. The number of aromatic nitrogens is 2. The average Bonchev–Trinajstić information content (AvgIpc) is 3.55. The molecule has 1 aromatic carbocycles. The predicted molar refractivity (Wildman–Crippen MR) is 119 cm³/mol. The van der Waals surface area contributed by atoms with Gasteiger partial charge in [0.25, 0.3) is 0 Å². The van der Waals surface area contributed by atoms with Crippen molar-refractivity contribution in [3.05, 3.63) is 59.0 Å². The number of benzene rings is 1. The van der Waals surface area contributed by atoms with E-state index < -0.39 is 0 Å². The summed E-state index contributed by atoms with van der Waals surface area (Å²) in [5.41, 5.74) is 11.2. The molecule has 5 nitrogen and oxygen atoms in total. The first kappa shape index (κ1) is 18.7. The van der Waals surface area contributed by atoms with Crippen LogP contribution < -0.4 is 10.5 Å². The van der Waals surface area contributed by atoms with E-state index in [0.29, 0.717) is 35.1 Å². The number of rotatable bonds is 3. The Balaban J connectivity index is 1.39. The molecule has 4 aliphatic rings. The highest BCUT2D eigenvalue weighted by molar-refractivity contribution is 5.69. The third-order valence-electron chi connectivity index (χ3n) is 8.02. The first-order valence-corrected chi connectivity index (χ1v) is 11.7. The molecule has 2 bridgehead atoms. The molecule has 31 heavy (non-hydrogen) atoms. The second kappa shape index (κ2) is 7.30. The highest BCUT2D eigenvalue weighted by Crippen LogP contribution is 2.55. The van der Waals surface area contributed by atoms with Gasteiger partial charge in [-0.3, -0.25) is 5.10 Å². The molecule has 0 radical (unpaired) electrons. The maximum absolute atomic E-state index is 9.95. The number of nitrogens with zero attached hydrogens (tertiary/aromatic N) is 2. The Morgan fingerprint density at radius 2 is 1.87 bits per heavy atom. The maximum atomic E-state index is 9.95. The van der Waals surface area contributed by atoms with E-state index in [0.717, 1.165) is 23.2 Å². The van der Waals surface area contributed by atoms with Gasteiger partial charge in [0.05, 0.1) is 16.8 Å². The van der Waals surface area contributed by atoms with Crippen molar-refractivity contribution in [3.63, 3.8) is 0 Å². The lowest BCUT2D eigenvalue weighted by atomic mass is 9.73. The third-order valence-corrected chi connectivity index (χ3v) is 8.02. The first-order chi connectivity index (χ1) is 15.2. The van der Waals surface area contributed by atoms with E-state index in [1.54, 1.807) is 0 Å². The molecular formula is C26H28N4O. The predicted octanol–water partition coefficient (Wildman–Crippen LogP) is 5.51. The van der Waals surface area contributed by atoms with Crippen molar-refractivity contribution >= 4 is 0 Å². The monoisotopic (exact) mass is 412 g/mol. The number of allylic oxidation sites excluding steroid dienone is 3. The van der Waals surface area contributed by atoms with Gasteiger partial charge in [-0.2, -0.15) is 5.26 Å². The summed E-state index contributed by atoms with van der Waals surface area (Å²) in [6, 6.07) is 11.3.